The number of rotatable bonds is 4. The summed E-state index contributed by atoms with van der Waals surface area (Å²) < 4.78 is 27.7. The summed E-state index contributed by atoms with van der Waals surface area (Å²) in [6, 6.07) is 8.25. The van der Waals surface area contributed by atoms with E-state index < -0.39 is 17.7 Å². The van der Waals surface area contributed by atoms with Crippen LogP contribution >= 0.6 is 27.5 Å². The molecule has 2 nitrogen and oxygen atoms in total. The van der Waals surface area contributed by atoms with Gasteiger partial charge in [-0.15, -0.1) is 0 Å². The smallest absolute Gasteiger partial charge is 0.126 e. The maximum atomic E-state index is 13.7. The first kappa shape index (κ1) is 15.4. The van der Waals surface area contributed by atoms with Gasteiger partial charge in [0.15, 0.2) is 0 Å². The van der Waals surface area contributed by atoms with Crippen molar-refractivity contribution in [2.24, 2.45) is 5.84 Å². The van der Waals surface area contributed by atoms with Crippen LogP contribution in [0.1, 0.15) is 17.2 Å². The number of hydrogen-bond acceptors (Lipinski definition) is 2. The van der Waals surface area contributed by atoms with E-state index in [1.165, 1.54) is 0 Å². The van der Waals surface area contributed by atoms with Gasteiger partial charge >= 0.3 is 0 Å². The van der Waals surface area contributed by atoms with E-state index in [4.69, 9.17) is 17.4 Å². The van der Waals surface area contributed by atoms with Crippen molar-refractivity contribution >= 4 is 27.5 Å². The molecule has 0 aliphatic rings. The van der Waals surface area contributed by atoms with Crippen molar-refractivity contribution in [2.45, 2.75) is 12.5 Å². The third-order valence-corrected chi connectivity index (χ3v) is 3.79. The minimum atomic E-state index is -0.487. The van der Waals surface area contributed by atoms with Gasteiger partial charge in [-0.3, -0.25) is 11.3 Å². The molecule has 2 aromatic rings. The first-order chi connectivity index (χ1) is 9.51. The highest BCUT2D eigenvalue weighted by molar-refractivity contribution is 9.10. The van der Waals surface area contributed by atoms with Gasteiger partial charge in [0, 0.05) is 9.50 Å². The first-order valence-electron chi connectivity index (χ1n) is 5.86. The average molecular weight is 362 g/mol. The highest BCUT2D eigenvalue weighted by Gasteiger charge is 2.16. The van der Waals surface area contributed by atoms with Gasteiger partial charge in [-0.25, -0.2) is 8.78 Å². The van der Waals surface area contributed by atoms with E-state index in [1.807, 2.05) is 6.07 Å². The zero-order chi connectivity index (χ0) is 14.7. The fourth-order valence-electron chi connectivity index (χ4n) is 1.96. The lowest BCUT2D eigenvalue weighted by Crippen LogP contribution is -2.30. The number of benzene rings is 2. The summed E-state index contributed by atoms with van der Waals surface area (Å²) in [6.07, 6.45) is 0.196. The van der Waals surface area contributed by atoms with Crippen molar-refractivity contribution in [1.82, 2.24) is 5.43 Å². The summed E-state index contributed by atoms with van der Waals surface area (Å²) >= 11 is 9.46. The molecule has 2 rings (SSSR count). The van der Waals surface area contributed by atoms with Gasteiger partial charge in [-0.1, -0.05) is 33.6 Å². The van der Waals surface area contributed by atoms with Crippen LogP contribution < -0.4 is 11.3 Å². The molecule has 0 aromatic heterocycles. The van der Waals surface area contributed by atoms with Gasteiger partial charge in [-0.05, 0) is 47.9 Å². The Morgan fingerprint density at radius 1 is 1.20 bits per heavy atom. The SMILES string of the molecule is NNC(Cc1cc(F)ccc1F)c1ccc(Br)cc1Cl. The minimum Gasteiger partial charge on any atom is -0.271 e. The molecule has 0 aliphatic carbocycles. The molecule has 0 amide bonds. The van der Waals surface area contributed by atoms with Crippen molar-refractivity contribution in [3.63, 3.8) is 0 Å². The van der Waals surface area contributed by atoms with Crippen LogP contribution in [0.4, 0.5) is 8.78 Å². The van der Waals surface area contributed by atoms with Crippen LogP contribution in [-0.4, -0.2) is 0 Å². The number of hydrogen-bond donors (Lipinski definition) is 2. The predicted molar refractivity (Wildman–Crippen MR) is 79.3 cm³/mol. The molecule has 1 atom stereocenters. The van der Waals surface area contributed by atoms with E-state index in [1.54, 1.807) is 12.1 Å². The van der Waals surface area contributed by atoms with Crippen molar-refractivity contribution in [3.05, 3.63) is 68.7 Å². The van der Waals surface area contributed by atoms with Crippen molar-refractivity contribution in [1.29, 1.82) is 0 Å². The van der Waals surface area contributed by atoms with Crippen molar-refractivity contribution < 1.29 is 8.78 Å². The van der Waals surface area contributed by atoms with Gasteiger partial charge in [0.05, 0.1) is 6.04 Å². The summed E-state index contributed by atoms with van der Waals surface area (Å²) in [4.78, 5) is 0. The molecular weight excluding hydrogens is 350 g/mol. The van der Waals surface area contributed by atoms with Gasteiger partial charge < -0.3 is 0 Å². The Labute approximate surface area is 129 Å². The second-order valence-electron chi connectivity index (χ2n) is 4.32. The topological polar surface area (TPSA) is 38.0 Å². The Morgan fingerprint density at radius 3 is 2.60 bits per heavy atom. The molecule has 6 heteroatoms. The van der Waals surface area contributed by atoms with Gasteiger partial charge in [0.1, 0.15) is 11.6 Å². The summed E-state index contributed by atoms with van der Waals surface area (Å²) in [7, 11) is 0. The van der Waals surface area contributed by atoms with Crippen LogP contribution in [0.3, 0.4) is 0 Å². The monoisotopic (exact) mass is 360 g/mol. The molecular formula is C14H12BrClF2N2. The average Bonchev–Trinajstić information content (AvgIpc) is 2.40. The molecule has 20 heavy (non-hydrogen) atoms. The fraction of sp³-hybridized carbons (Fsp3) is 0.143. The van der Waals surface area contributed by atoms with Crippen molar-refractivity contribution in [2.75, 3.05) is 0 Å². The zero-order valence-electron chi connectivity index (χ0n) is 10.3. The van der Waals surface area contributed by atoms with E-state index in [0.29, 0.717) is 5.02 Å². The van der Waals surface area contributed by atoms with Gasteiger partial charge in [0.25, 0.3) is 0 Å². The number of nitrogens with one attached hydrogen (secondary N) is 1. The molecule has 0 spiro atoms. The summed E-state index contributed by atoms with van der Waals surface area (Å²) in [5.41, 5.74) is 3.55. The molecule has 0 radical (unpaired) electrons. The molecule has 2 aromatic carbocycles. The summed E-state index contributed by atoms with van der Waals surface area (Å²) in [5, 5.41) is 0.499. The standard InChI is InChI=1S/C14H12BrClF2N2/c15-9-1-3-11(12(16)7-9)14(20-19)6-8-5-10(17)2-4-13(8)18/h1-5,7,14,20H,6,19H2. The third-order valence-electron chi connectivity index (χ3n) is 2.97. The van der Waals surface area contributed by atoms with Crippen molar-refractivity contribution in [3.8, 4) is 0 Å². The normalized spacial score (nSPS) is 12.4. The van der Waals surface area contributed by atoms with Gasteiger partial charge in [0.2, 0.25) is 0 Å². The second kappa shape index (κ2) is 6.63. The number of nitrogens with two attached hydrogens (primary N) is 1. The first-order valence-corrected chi connectivity index (χ1v) is 7.03. The van der Waals surface area contributed by atoms with E-state index in [2.05, 4.69) is 21.4 Å². The molecule has 3 N–H and O–H groups in total. The molecule has 0 fully saturated rings. The molecule has 0 bridgehead atoms. The zero-order valence-corrected chi connectivity index (χ0v) is 12.7. The highest BCUT2D eigenvalue weighted by Crippen LogP contribution is 2.28. The minimum absolute atomic E-state index is 0.196. The molecule has 0 saturated heterocycles. The van der Waals surface area contributed by atoms with E-state index in [0.717, 1.165) is 28.2 Å². The van der Waals surface area contributed by atoms with Crippen LogP contribution in [0, 0.1) is 11.6 Å². The third kappa shape index (κ3) is 3.55. The second-order valence-corrected chi connectivity index (χ2v) is 5.65. The van der Waals surface area contributed by atoms with Crippen LogP contribution in [0.15, 0.2) is 40.9 Å². The molecule has 0 saturated carbocycles. The predicted octanol–water partition coefficient (Wildman–Crippen LogP) is 4.13. The van der Waals surface area contributed by atoms with E-state index >= 15 is 0 Å². The maximum absolute atomic E-state index is 13.7. The van der Waals surface area contributed by atoms with Crippen LogP contribution in [0.5, 0.6) is 0 Å². The van der Waals surface area contributed by atoms with E-state index in [-0.39, 0.29) is 12.0 Å². The maximum Gasteiger partial charge on any atom is 0.126 e. The quantitative estimate of drug-likeness (QED) is 0.635. The molecule has 106 valence electrons. The molecule has 0 aliphatic heterocycles. The Bertz CT molecular complexity index is 622. The lowest BCUT2D eigenvalue weighted by atomic mass is 9.99. The Morgan fingerprint density at radius 2 is 1.95 bits per heavy atom. The largest absolute Gasteiger partial charge is 0.271 e. The lowest BCUT2D eigenvalue weighted by Gasteiger charge is -2.18. The molecule has 0 heterocycles. The van der Waals surface area contributed by atoms with Crippen LogP contribution in [0.2, 0.25) is 5.02 Å². The van der Waals surface area contributed by atoms with Crippen LogP contribution in [-0.2, 0) is 6.42 Å². The Kier molecular flexibility index (Phi) is 5.10. The molecule has 1 unspecified atom stereocenters. The summed E-state index contributed by atoms with van der Waals surface area (Å²) in [5.74, 6) is 4.55. The van der Waals surface area contributed by atoms with E-state index in [9.17, 15) is 8.78 Å². The lowest BCUT2D eigenvalue weighted by molar-refractivity contribution is 0.523. The number of halogens is 4. The fourth-order valence-corrected chi connectivity index (χ4v) is 2.77. The Hall–Kier alpha value is -1.01. The Balaban J connectivity index is 2.31. The number of hydrazine groups is 1. The highest BCUT2D eigenvalue weighted by atomic mass is 79.9. The summed E-state index contributed by atoms with van der Waals surface area (Å²) in [6.45, 7) is 0. The van der Waals surface area contributed by atoms with Crippen LogP contribution in [0.25, 0.3) is 0 Å². The van der Waals surface area contributed by atoms with Gasteiger partial charge in [-0.2, -0.15) is 0 Å².